The van der Waals surface area contributed by atoms with Gasteiger partial charge in [0.15, 0.2) is 0 Å². The van der Waals surface area contributed by atoms with Crippen LogP contribution in [0, 0.1) is 0 Å². The molecule has 0 spiro atoms. The van der Waals surface area contributed by atoms with E-state index in [1.54, 1.807) is 7.05 Å². The molecule has 0 saturated carbocycles. The Kier molecular flexibility index (Phi) is 10.4. The Morgan fingerprint density at radius 2 is 1.29 bits per heavy atom. The monoisotopic (exact) mass is 326 g/mol. The second kappa shape index (κ2) is 11.4. The van der Waals surface area contributed by atoms with Gasteiger partial charge in [-0.15, -0.1) is 0 Å². The van der Waals surface area contributed by atoms with Gasteiger partial charge < -0.3 is 5.32 Å². The molecule has 0 unspecified atom stereocenters. The van der Waals surface area contributed by atoms with Crippen molar-refractivity contribution in [3.63, 3.8) is 0 Å². The lowest BCUT2D eigenvalue weighted by molar-refractivity contribution is 1.10. The molecule has 0 aromatic rings. The maximum atomic E-state index is 3.98. The molecule has 0 amide bonds. The molecule has 0 aliphatic heterocycles. The van der Waals surface area contributed by atoms with E-state index in [2.05, 4.69) is 70.9 Å². The summed E-state index contributed by atoms with van der Waals surface area (Å²) >= 11 is 0. The summed E-state index contributed by atoms with van der Waals surface area (Å²) in [6.07, 6.45) is 12.0. The van der Waals surface area contributed by atoms with Crippen molar-refractivity contribution in [2.75, 3.05) is 14.1 Å². The molecule has 0 aliphatic rings. The number of nitrogens with one attached hydrogen (secondary N) is 1. The number of aliphatic imine (C=N–C) groups is 1. The lowest BCUT2D eigenvalue weighted by Crippen LogP contribution is -1.95. The summed E-state index contributed by atoms with van der Waals surface area (Å²) in [6.45, 7) is 15.3. The molecule has 24 heavy (non-hydrogen) atoms. The van der Waals surface area contributed by atoms with Crippen LogP contribution in [0.3, 0.4) is 0 Å². The van der Waals surface area contributed by atoms with Crippen LogP contribution in [0.5, 0.6) is 0 Å². The third kappa shape index (κ3) is 6.99. The second-order valence-electron chi connectivity index (χ2n) is 6.07. The molecule has 0 aromatic heterocycles. The average Bonchev–Trinajstić information content (AvgIpc) is 2.58. The first-order valence-electron chi connectivity index (χ1n) is 8.40. The lowest BCUT2D eigenvalue weighted by atomic mass is 9.91. The molecule has 1 N–H and O–H groups in total. The van der Waals surface area contributed by atoms with Crippen LogP contribution in [0.25, 0.3) is 0 Å². The fourth-order valence-corrected chi connectivity index (χ4v) is 2.25. The molecule has 0 rings (SSSR count). The van der Waals surface area contributed by atoms with Crippen LogP contribution < -0.4 is 5.32 Å². The Balaban J connectivity index is 5.76. The van der Waals surface area contributed by atoms with Gasteiger partial charge in [-0.2, -0.15) is 0 Å². The molecule has 0 radical (unpaired) electrons. The predicted octanol–water partition coefficient (Wildman–Crippen LogP) is 5.93. The summed E-state index contributed by atoms with van der Waals surface area (Å²) in [5.41, 5.74) is 9.20. The van der Waals surface area contributed by atoms with E-state index in [0.29, 0.717) is 0 Å². The minimum atomic E-state index is 1.27. The molecule has 132 valence electrons. The highest BCUT2D eigenvalue weighted by molar-refractivity contribution is 5.71. The Morgan fingerprint density at radius 1 is 0.750 bits per heavy atom. The van der Waals surface area contributed by atoms with E-state index in [1.165, 1.54) is 39.0 Å². The average molecular weight is 327 g/mol. The Labute approximate surface area is 149 Å². The number of nitrogens with zero attached hydrogens (tertiary/aromatic N) is 1. The van der Waals surface area contributed by atoms with E-state index in [9.17, 15) is 0 Å². The Morgan fingerprint density at radius 3 is 1.83 bits per heavy atom. The van der Waals surface area contributed by atoms with Gasteiger partial charge in [0.1, 0.15) is 0 Å². The summed E-state index contributed by atoms with van der Waals surface area (Å²) in [5, 5.41) is 3.01. The number of rotatable bonds is 7. The van der Waals surface area contributed by atoms with Gasteiger partial charge in [0.2, 0.25) is 0 Å². The first-order chi connectivity index (χ1) is 11.3. The third-order valence-electron chi connectivity index (χ3n) is 4.62. The summed E-state index contributed by atoms with van der Waals surface area (Å²) in [6, 6.07) is 0. The summed E-state index contributed by atoms with van der Waals surface area (Å²) < 4.78 is 0. The zero-order valence-electron chi connectivity index (χ0n) is 16.9. The first kappa shape index (κ1) is 21.9. The quantitative estimate of drug-likeness (QED) is 0.455. The van der Waals surface area contributed by atoms with Gasteiger partial charge in [-0.25, -0.2) is 0 Å². The summed E-state index contributed by atoms with van der Waals surface area (Å²) in [7, 11) is 3.69. The molecular weight excluding hydrogens is 292 g/mol. The third-order valence-corrected chi connectivity index (χ3v) is 4.62. The molecule has 2 nitrogen and oxygen atoms in total. The molecule has 0 aromatic carbocycles. The molecule has 0 aliphatic carbocycles. The number of hydrogen-bond acceptors (Lipinski definition) is 2. The van der Waals surface area contributed by atoms with E-state index >= 15 is 0 Å². The number of allylic oxidation sites excluding steroid dienone is 11. The van der Waals surface area contributed by atoms with Crippen molar-refractivity contribution in [3.05, 3.63) is 69.5 Å². The van der Waals surface area contributed by atoms with E-state index in [0.717, 1.165) is 0 Å². The lowest BCUT2D eigenvalue weighted by Gasteiger charge is -2.14. The normalized spacial score (nSPS) is 16.6. The maximum absolute atomic E-state index is 3.98. The van der Waals surface area contributed by atoms with Crippen molar-refractivity contribution in [1.82, 2.24) is 5.32 Å². The van der Waals surface area contributed by atoms with Crippen molar-refractivity contribution < 1.29 is 0 Å². The van der Waals surface area contributed by atoms with Crippen LogP contribution in [-0.4, -0.2) is 20.3 Å². The SMILES string of the molecule is CN=CC=C/C(C)=C(C)/C(C)=C(C)/C(C)=C(\C)C(C)=CC=CNC. The Bertz CT molecular complexity index is 633. The molecule has 0 fully saturated rings. The summed E-state index contributed by atoms with van der Waals surface area (Å²) in [4.78, 5) is 3.98. The van der Waals surface area contributed by atoms with Crippen molar-refractivity contribution in [2.45, 2.75) is 48.5 Å². The highest BCUT2D eigenvalue weighted by Crippen LogP contribution is 2.26. The van der Waals surface area contributed by atoms with Gasteiger partial charge in [-0.05, 0) is 106 Å². The van der Waals surface area contributed by atoms with Gasteiger partial charge in [-0.3, -0.25) is 4.99 Å². The van der Waals surface area contributed by atoms with Crippen LogP contribution in [-0.2, 0) is 0 Å². The van der Waals surface area contributed by atoms with Gasteiger partial charge in [0.05, 0.1) is 0 Å². The topological polar surface area (TPSA) is 24.4 Å². The fraction of sp³-hybridized carbons (Fsp3) is 0.409. The van der Waals surface area contributed by atoms with Crippen LogP contribution in [0.4, 0.5) is 0 Å². The molecular formula is C22H34N2. The fourth-order valence-electron chi connectivity index (χ4n) is 2.25. The molecule has 0 saturated heterocycles. The minimum Gasteiger partial charge on any atom is -0.394 e. The van der Waals surface area contributed by atoms with E-state index in [-0.39, 0.29) is 0 Å². The zero-order chi connectivity index (χ0) is 18.7. The van der Waals surface area contributed by atoms with E-state index in [4.69, 9.17) is 0 Å². The second-order valence-corrected chi connectivity index (χ2v) is 6.07. The van der Waals surface area contributed by atoms with Gasteiger partial charge in [0, 0.05) is 20.3 Å². The van der Waals surface area contributed by atoms with Crippen LogP contribution >= 0.6 is 0 Å². The zero-order valence-corrected chi connectivity index (χ0v) is 16.9. The van der Waals surface area contributed by atoms with Gasteiger partial charge in [-0.1, -0.05) is 12.2 Å². The molecule has 0 atom stereocenters. The highest BCUT2D eigenvalue weighted by Gasteiger charge is 2.07. The van der Waals surface area contributed by atoms with Gasteiger partial charge in [0.25, 0.3) is 0 Å². The van der Waals surface area contributed by atoms with Crippen molar-refractivity contribution in [3.8, 4) is 0 Å². The van der Waals surface area contributed by atoms with Crippen molar-refractivity contribution in [2.24, 2.45) is 4.99 Å². The largest absolute Gasteiger partial charge is 0.394 e. The van der Waals surface area contributed by atoms with Gasteiger partial charge >= 0.3 is 0 Å². The summed E-state index contributed by atoms with van der Waals surface area (Å²) in [5.74, 6) is 0. The standard InChI is InChI=1S/C22H34N2/c1-16(12-10-14-23-8)18(3)20(5)22(7)21(6)19(4)17(2)13-11-15-24-9/h10-15,23H,1-9H3/b13-11?,14-10?,16-12?,19-17+,20-18+,22-21+,24-15?. The molecule has 2 heteroatoms. The molecule has 0 bridgehead atoms. The van der Waals surface area contributed by atoms with Crippen molar-refractivity contribution in [1.29, 1.82) is 0 Å². The maximum Gasteiger partial charge on any atom is 0.0277 e. The van der Waals surface area contributed by atoms with Crippen molar-refractivity contribution >= 4 is 6.21 Å². The number of hydrogen-bond donors (Lipinski definition) is 1. The van der Waals surface area contributed by atoms with Crippen LogP contribution in [0.15, 0.2) is 74.5 Å². The Hall–Kier alpha value is -2.09. The molecule has 0 heterocycles. The predicted molar refractivity (Wildman–Crippen MR) is 111 cm³/mol. The smallest absolute Gasteiger partial charge is 0.0277 e. The first-order valence-corrected chi connectivity index (χ1v) is 8.40. The van der Waals surface area contributed by atoms with E-state index < -0.39 is 0 Å². The van der Waals surface area contributed by atoms with Crippen LogP contribution in [0.1, 0.15) is 48.5 Å². The minimum absolute atomic E-state index is 1.27. The van der Waals surface area contributed by atoms with E-state index in [1.807, 2.05) is 31.6 Å². The highest BCUT2D eigenvalue weighted by atomic mass is 14.8. The van der Waals surface area contributed by atoms with Crippen LogP contribution in [0.2, 0.25) is 0 Å².